The summed E-state index contributed by atoms with van der Waals surface area (Å²) in [6.07, 6.45) is -0.508. The molecule has 1 aromatic heterocycles. The van der Waals surface area contributed by atoms with E-state index in [4.69, 9.17) is 20.0 Å². The number of aliphatic carboxylic acids is 1. The van der Waals surface area contributed by atoms with Gasteiger partial charge in [0.05, 0.1) is 6.42 Å². The van der Waals surface area contributed by atoms with Crippen molar-refractivity contribution in [1.29, 1.82) is 0 Å². The first-order chi connectivity index (χ1) is 11.5. The molecule has 8 heteroatoms. The Morgan fingerprint density at radius 2 is 1.88 bits per heavy atom. The molecule has 8 nitrogen and oxygen atoms in total. The van der Waals surface area contributed by atoms with Gasteiger partial charge in [0.25, 0.3) is 5.91 Å². The maximum atomic E-state index is 12.0. The fourth-order valence-corrected chi connectivity index (χ4v) is 1.88. The Balaban J connectivity index is 1.95. The summed E-state index contributed by atoms with van der Waals surface area (Å²) in [7, 11) is 0. The van der Waals surface area contributed by atoms with Crippen LogP contribution < -0.4 is 15.8 Å². The van der Waals surface area contributed by atoms with Crippen molar-refractivity contribution in [1.82, 2.24) is 5.32 Å². The zero-order valence-electron chi connectivity index (χ0n) is 12.6. The maximum Gasteiger partial charge on any atom is 0.326 e. The van der Waals surface area contributed by atoms with Crippen molar-refractivity contribution >= 4 is 17.8 Å². The second kappa shape index (κ2) is 7.82. The number of amides is 2. The molecule has 2 amide bonds. The number of carboxylic acids is 1. The number of nitrogens with two attached hydrogens (primary N) is 1. The number of hydrogen-bond donors (Lipinski definition) is 3. The summed E-state index contributed by atoms with van der Waals surface area (Å²) in [6.45, 7) is 0.112. The minimum Gasteiger partial charge on any atom is -0.486 e. The molecule has 2 rings (SSSR count). The topological polar surface area (TPSA) is 132 Å². The number of primary amides is 1. The average Bonchev–Trinajstić information content (AvgIpc) is 3.02. The molecule has 4 N–H and O–H groups in total. The molecular weight excluding hydrogens is 316 g/mol. The van der Waals surface area contributed by atoms with E-state index in [0.717, 1.165) is 0 Å². The van der Waals surface area contributed by atoms with E-state index in [0.29, 0.717) is 11.5 Å². The van der Waals surface area contributed by atoms with Gasteiger partial charge in [-0.2, -0.15) is 0 Å². The Labute approximate surface area is 137 Å². The Morgan fingerprint density at radius 3 is 2.50 bits per heavy atom. The normalized spacial score (nSPS) is 11.5. The molecule has 0 saturated heterocycles. The second-order valence-corrected chi connectivity index (χ2v) is 4.90. The van der Waals surface area contributed by atoms with E-state index in [-0.39, 0.29) is 12.4 Å². The van der Waals surface area contributed by atoms with Crippen molar-refractivity contribution in [2.45, 2.75) is 19.1 Å². The van der Waals surface area contributed by atoms with E-state index < -0.39 is 30.2 Å². The minimum absolute atomic E-state index is 0.0858. The number of hydrogen-bond acceptors (Lipinski definition) is 5. The summed E-state index contributed by atoms with van der Waals surface area (Å²) in [5.74, 6) is -1.99. The zero-order chi connectivity index (χ0) is 17.5. The first kappa shape index (κ1) is 17.1. The van der Waals surface area contributed by atoms with Gasteiger partial charge in [-0.15, -0.1) is 0 Å². The summed E-state index contributed by atoms with van der Waals surface area (Å²) in [5.41, 5.74) is 4.95. The highest BCUT2D eigenvalue weighted by molar-refractivity contribution is 5.95. The molecule has 0 fully saturated rings. The first-order valence-electron chi connectivity index (χ1n) is 7.04. The highest BCUT2D eigenvalue weighted by atomic mass is 16.5. The van der Waals surface area contributed by atoms with Gasteiger partial charge in [-0.25, -0.2) is 4.79 Å². The van der Waals surface area contributed by atoms with Crippen LogP contribution in [-0.4, -0.2) is 28.9 Å². The van der Waals surface area contributed by atoms with E-state index in [1.165, 1.54) is 6.07 Å². The van der Waals surface area contributed by atoms with Gasteiger partial charge >= 0.3 is 5.97 Å². The molecule has 0 saturated carbocycles. The van der Waals surface area contributed by atoms with Gasteiger partial charge in [0.1, 0.15) is 24.2 Å². The van der Waals surface area contributed by atoms with Crippen LogP contribution in [0.2, 0.25) is 0 Å². The number of rotatable bonds is 8. The van der Waals surface area contributed by atoms with Crippen LogP contribution in [0.3, 0.4) is 0 Å². The SMILES string of the molecule is NC(=O)C[C@H](NC(=O)c1ccc(COc2ccccc2)o1)C(=O)O. The molecule has 0 bridgehead atoms. The van der Waals surface area contributed by atoms with Crippen LogP contribution in [0.25, 0.3) is 0 Å². The molecular formula is C16H16N2O6. The summed E-state index contributed by atoms with van der Waals surface area (Å²) >= 11 is 0. The van der Waals surface area contributed by atoms with Crippen LogP contribution in [-0.2, 0) is 16.2 Å². The van der Waals surface area contributed by atoms with Gasteiger partial charge in [0.15, 0.2) is 5.76 Å². The van der Waals surface area contributed by atoms with Gasteiger partial charge in [0, 0.05) is 0 Å². The number of carbonyl (C=O) groups is 3. The largest absolute Gasteiger partial charge is 0.486 e. The van der Waals surface area contributed by atoms with E-state index in [1.54, 1.807) is 18.2 Å². The van der Waals surface area contributed by atoms with Crippen LogP contribution in [0.4, 0.5) is 0 Å². The molecule has 0 aliphatic rings. The van der Waals surface area contributed by atoms with Gasteiger partial charge in [-0.3, -0.25) is 9.59 Å². The lowest BCUT2D eigenvalue weighted by Crippen LogP contribution is -2.43. The van der Waals surface area contributed by atoms with Crippen LogP contribution >= 0.6 is 0 Å². The predicted molar refractivity (Wildman–Crippen MR) is 82.2 cm³/mol. The average molecular weight is 332 g/mol. The number of nitrogens with one attached hydrogen (secondary N) is 1. The Morgan fingerprint density at radius 1 is 1.17 bits per heavy atom. The van der Waals surface area contributed by atoms with Crippen LogP contribution in [0.1, 0.15) is 22.7 Å². The molecule has 1 heterocycles. The van der Waals surface area contributed by atoms with Gasteiger partial charge in [0.2, 0.25) is 5.91 Å². The molecule has 0 aliphatic carbocycles. The molecule has 126 valence electrons. The number of furan rings is 1. The van der Waals surface area contributed by atoms with E-state index in [9.17, 15) is 14.4 Å². The quantitative estimate of drug-likeness (QED) is 0.658. The monoisotopic (exact) mass is 332 g/mol. The van der Waals surface area contributed by atoms with Crippen LogP contribution in [0.5, 0.6) is 5.75 Å². The summed E-state index contributed by atoms with van der Waals surface area (Å²) in [5, 5.41) is 11.1. The van der Waals surface area contributed by atoms with Gasteiger partial charge < -0.3 is 25.3 Å². The van der Waals surface area contributed by atoms with Crippen molar-refractivity contribution in [3.8, 4) is 5.75 Å². The van der Waals surface area contributed by atoms with Gasteiger partial charge in [-0.1, -0.05) is 18.2 Å². The van der Waals surface area contributed by atoms with E-state index >= 15 is 0 Å². The maximum absolute atomic E-state index is 12.0. The second-order valence-electron chi connectivity index (χ2n) is 4.90. The fraction of sp³-hybridized carbons (Fsp3) is 0.188. The first-order valence-corrected chi connectivity index (χ1v) is 7.04. The standard InChI is InChI=1S/C16H16N2O6/c17-14(19)8-12(16(21)22)18-15(20)13-7-6-11(24-13)9-23-10-4-2-1-3-5-10/h1-7,12H,8-9H2,(H2,17,19)(H,18,20)(H,21,22)/t12-/m0/s1. The smallest absolute Gasteiger partial charge is 0.326 e. The lowest BCUT2D eigenvalue weighted by Gasteiger charge is -2.11. The molecule has 2 aromatic rings. The third-order valence-electron chi connectivity index (χ3n) is 3.02. The zero-order valence-corrected chi connectivity index (χ0v) is 12.6. The number of benzene rings is 1. The molecule has 0 radical (unpaired) electrons. The summed E-state index contributed by atoms with van der Waals surface area (Å²) in [6, 6.07) is 10.6. The Hall–Kier alpha value is -3.29. The summed E-state index contributed by atoms with van der Waals surface area (Å²) < 4.78 is 10.8. The summed E-state index contributed by atoms with van der Waals surface area (Å²) in [4.78, 5) is 33.8. The van der Waals surface area contributed by atoms with Crippen molar-refractivity contribution in [3.63, 3.8) is 0 Å². The van der Waals surface area contributed by atoms with Crippen molar-refractivity contribution < 1.29 is 28.6 Å². The lowest BCUT2D eigenvalue weighted by atomic mass is 10.2. The van der Waals surface area contributed by atoms with Crippen LogP contribution in [0.15, 0.2) is 46.9 Å². The van der Waals surface area contributed by atoms with Crippen molar-refractivity contribution in [2.24, 2.45) is 5.73 Å². The number of carboxylic acid groups (broad SMARTS) is 1. The Bertz CT molecular complexity index is 725. The molecule has 24 heavy (non-hydrogen) atoms. The predicted octanol–water partition coefficient (Wildman–Crippen LogP) is 0.917. The molecule has 0 aliphatic heterocycles. The minimum atomic E-state index is -1.41. The van der Waals surface area contributed by atoms with E-state index in [1.807, 2.05) is 18.2 Å². The highest BCUT2D eigenvalue weighted by Crippen LogP contribution is 2.14. The third kappa shape index (κ3) is 4.87. The molecule has 0 unspecified atom stereocenters. The van der Waals surface area contributed by atoms with Crippen molar-refractivity contribution in [3.05, 3.63) is 54.0 Å². The van der Waals surface area contributed by atoms with Gasteiger partial charge in [-0.05, 0) is 24.3 Å². The lowest BCUT2D eigenvalue weighted by molar-refractivity contribution is -0.140. The number of para-hydroxylation sites is 1. The third-order valence-corrected chi connectivity index (χ3v) is 3.02. The van der Waals surface area contributed by atoms with Crippen molar-refractivity contribution in [2.75, 3.05) is 0 Å². The highest BCUT2D eigenvalue weighted by Gasteiger charge is 2.24. The van der Waals surface area contributed by atoms with E-state index in [2.05, 4.69) is 5.32 Å². The molecule has 0 spiro atoms. The fourth-order valence-electron chi connectivity index (χ4n) is 1.88. The van der Waals surface area contributed by atoms with Crippen LogP contribution in [0, 0.1) is 0 Å². The number of ether oxygens (including phenoxy) is 1. The number of carbonyl (C=O) groups excluding carboxylic acids is 2. The molecule has 1 atom stereocenters. The molecule has 1 aromatic carbocycles. The Kier molecular flexibility index (Phi) is 5.56.